The summed E-state index contributed by atoms with van der Waals surface area (Å²) in [6.45, 7) is 0. The fraction of sp³-hybridized carbons (Fsp3) is 0. The average Bonchev–Trinajstić information content (AvgIpc) is 3.94. The van der Waals surface area contributed by atoms with Crippen LogP contribution in [0.1, 0.15) is 0 Å². The zero-order valence-corrected chi connectivity index (χ0v) is 30.9. The molecule has 57 heavy (non-hydrogen) atoms. The topological polar surface area (TPSA) is 23.0 Å². The molecule has 0 saturated heterocycles. The Morgan fingerprint density at radius 1 is 0.246 bits per heavy atom. The number of aromatic nitrogens is 2. The first-order valence-corrected chi connectivity index (χ1v) is 19.5. The predicted molar refractivity (Wildman–Crippen MR) is 239 cm³/mol. The third-order valence-electron chi connectivity index (χ3n) is 11.7. The van der Waals surface area contributed by atoms with E-state index in [1.165, 1.54) is 65.9 Å². The number of para-hydroxylation sites is 3. The second kappa shape index (κ2) is 12.5. The summed E-state index contributed by atoms with van der Waals surface area (Å²) in [5.41, 5.74) is 16.0. The molecule has 12 rings (SSSR count). The smallest absolute Gasteiger partial charge is 0.136 e. The maximum Gasteiger partial charge on any atom is 0.136 e. The van der Waals surface area contributed by atoms with Gasteiger partial charge in [-0.2, -0.15) is 0 Å². The second-order valence-electron chi connectivity index (χ2n) is 14.9. The number of benzene rings is 9. The standard InChI is InChI=1S/C54H34N2O/c1-2-11-35(12-3-1)36-21-26-41(27-22-36)55-49-18-7-4-15-43(49)47-32-38(24-29-51(47)55)39-25-30-52-48(33-39)44-16-5-8-19-50(44)56(52)42-14-10-13-37(31-42)40-23-28-46-45-17-6-9-20-53(45)57-54(46)34-40/h1-34H. The van der Waals surface area contributed by atoms with Crippen LogP contribution in [0.4, 0.5) is 0 Å². The Morgan fingerprint density at radius 2 is 0.719 bits per heavy atom. The highest BCUT2D eigenvalue weighted by Gasteiger charge is 2.17. The highest BCUT2D eigenvalue weighted by molar-refractivity contribution is 6.13. The van der Waals surface area contributed by atoms with Crippen molar-refractivity contribution in [3.8, 4) is 44.8 Å². The van der Waals surface area contributed by atoms with E-state index >= 15 is 0 Å². The van der Waals surface area contributed by atoms with Gasteiger partial charge in [-0.05, 0) is 112 Å². The fourth-order valence-corrected chi connectivity index (χ4v) is 9.02. The van der Waals surface area contributed by atoms with Crippen molar-refractivity contribution in [1.29, 1.82) is 0 Å². The molecule has 0 atom stereocenters. The van der Waals surface area contributed by atoms with Crippen LogP contribution in [0.25, 0.3) is 110 Å². The Balaban J connectivity index is 0.958. The molecule has 0 aliphatic carbocycles. The molecule has 9 aromatic carbocycles. The van der Waals surface area contributed by atoms with E-state index in [1.54, 1.807) is 0 Å². The zero-order chi connectivity index (χ0) is 37.5. The predicted octanol–water partition coefficient (Wildman–Crippen LogP) is 14.8. The zero-order valence-electron chi connectivity index (χ0n) is 30.9. The molecule has 0 saturated carbocycles. The largest absolute Gasteiger partial charge is 0.456 e. The molecule has 0 N–H and O–H groups in total. The minimum atomic E-state index is 0.906. The molecule has 0 aliphatic heterocycles. The summed E-state index contributed by atoms with van der Waals surface area (Å²) in [6, 6.07) is 74.5. The van der Waals surface area contributed by atoms with E-state index in [-0.39, 0.29) is 0 Å². The number of nitrogens with zero attached hydrogens (tertiary/aromatic N) is 2. The normalized spacial score (nSPS) is 11.9. The third-order valence-corrected chi connectivity index (χ3v) is 11.7. The highest BCUT2D eigenvalue weighted by atomic mass is 16.3. The van der Waals surface area contributed by atoms with E-state index < -0.39 is 0 Å². The first-order chi connectivity index (χ1) is 28.2. The van der Waals surface area contributed by atoms with Crippen molar-refractivity contribution in [2.75, 3.05) is 0 Å². The molecular formula is C54H34N2O. The van der Waals surface area contributed by atoms with Gasteiger partial charge >= 0.3 is 0 Å². The lowest BCUT2D eigenvalue weighted by Crippen LogP contribution is -1.94. The van der Waals surface area contributed by atoms with Crippen LogP contribution >= 0.6 is 0 Å². The molecule has 3 heterocycles. The van der Waals surface area contributed by atoms with Gasteiger partial charge in [0.1, 0.15) is 11.2 Å². The SMILES string of the molecule is c1ccc(-c2ccc(-n3c4ccccc4c4cc(-c5ccc6c(c5)c5ccccc5n6-c5cccc(-c6ccc7c(c6)oc6ccccc67)c5)ccc43)cc2)cc1. The molecule has 0 unspecified atom stereocenters. The van der Waals surface area contributed by atoms with E-state index in [0.29, 0.717) is 0 Å². The first kappa shape index (κ1) is 31.7. The minimum Gasteiger partial charge on any atom is -0.456 e. The Labute approximate surface area is 328 Å². The van der Waals surface area contributed by atoms with Crippen molar-refractivity contribution < 1.29 is 4.42 Å². The number of hydrogen-bond donors (Lipinski definition) is 0. The van der Waals surface area contributed by atoms with Gasteiger partial charge in [-0.3, -0.25) is 0 Å². The lowest BCUT2D eigenvalue weighted by molar-refractivity contribution is 0.669. The van der Waals surface area contributed by atoms with Gasteiger partial charge in [-0.1, -0.05) is 127 Å². The monoisotopic (exact) mass is 726 g/mol. The Bertz CT molecular complexity index is 3510. The van der Waals surface area contributed by atoms with Crippen molar-refractivity contribution in [2.45, 2.75) is 0 Å². The lowest BCUT2D eigenvalue weighted by atomic mass is 10.0. The summed E-state index contributed by atoms with van der Waals surface area (Å²) in [7, 11) is 0. The van der Waals surface area contributed by atoms with Crippen molar-refractivity contribution in [3.05, 3.63) is 206 Å². The molecule has 0 bridgehead atoms. The molecular weight excluding hydrogens is 693 g/mol. The fourth-order valence-electron chi connectivity index (χ4n) is 9.02. The van der Waals surface area contributed by atoms with Gasteiger partial charge in [-0.25, -0.2) is 0 Å². The molecule has 0 amide bonds. The van der Waals surface area contributed by atoms with Crippen LogP contribution in [0.5, 0.6) is 0 Å². The van der Waals surface area contributed by atoms with E-state index in [9.17, 15) is 0 Å². The maximum atomic E-state index is 6.26. The number of rotatable bonds is 5. The van der Waals surface area contributed by atoms with Crippen molar-refractivity contribution in [3.63, 3.8) is 0 Å². The molecule has 0 radical (unpaired) electrons. The van der Waals surface area contributed by atoms with Crippen LogP contribution in [0.2, 0.25) is 0 Å². The summed E-state index contributed by atoms with van der Waals surface area (Å²) in [5.74, 6) is 0. The highest BCUT2D eigenvalue weighted by Crippen LogP contribution is 2.39. The average molecular weight is 727 g/mol. The molecule has 0 fully saturated rings. The maximum absolute atomic E-state index is 6.26. The molecule has 0 aliphatic rings. The van der Waals surface area contributed by atoms with Crippen LogP contribution in [-0.4, -0.2) is 9.13 Å². The third kappa shape index (κ3) is 4.99. The van der Waals surface area contributed by atoms with Gasteiger partial charge in [0.2, 0.25) is 0 Å². The van der Waals surface area contributed by atoms with Crippen molar-refractivity contribution >= 4 is 65.6 Å². The van der Waals surface area contributed by atoms with Gasteiger partial charge in [0.15, 0.2) is 0 Å². The second-order valence-corrected chi connectivity index (χ2v) is 14.9. The minimum absolute atomic E-state index is 0.906. The van der Waals surface area contributed by atoms with Gasteiger partial charge in [-0.15, -0.1) is 0 Å². The van der Waals surface area contributed by atoms with Gasteiger partial charge in [0, 0.05) is 43.7 Å². The Hall–Kier alpha value is -7.62. The van der Waals surface area contributed by atoms with E-state index in [0.717, 1.165) is 44.4 Å². The van der Waals surface area contributed by atoms with Gasteiger partial charge < -0.3 is 13.6 Å². The van der Waals surface area contributed by atoms with Gasteiger partial charge in [0.25, 0.3) is 0 Å². The summed E-state index contributed by atoms with van der Waals surface area (Å²) in [6.07, 6.45) is 0. The lowest BCUT2D eigenvalue weighted by Gasteiger charge is -2.11. The van der Waals surface area contributed by atoms with Crippen LogP contribution in [0.15, 0.2) is 211 Å². The summed E-state index contributed by atoms with van der Waals surface area (Å²) < 4.78 is 11.0. The quantitative estimate of drug-likeness (QED) is 0.173. The molecule has 3 aromatic heterocycles. The van der Waals surface area contributed by atoms with E-state index in [1.807, 2.05) is 12.1 Å². The van der Waals surface area contributed by atoms with Crippen LogP contribution < -0.4 is 0 Å². The molecule has 266 valence electrons. The molecule has 0 spiro atoms. The van der Waals surface area contributed by atoms with Crippen LogP contribution in [0.3, 0.4) is 0 Å². The number of fused-ring (bicyclic) bond motifs is 9. The van der Waals surface area contributed by atoms with Crippen molar-refractivity contribution in [1.82, 2.24) is 9.13 Å². The van der Waals surface area contributed by atoms with E-state index in [2.05, 4.69) is 203 Å². The van der Waals surface area contributed by atoms with E-state index in [4.69, 9.17) is 4.42 Å². The Kier molecular flexibility index (Phi) is 6.93. The summed E-state index contributed by atoms with van der Waals surface area (Å²) in [4.78, 5) is 0. The van der Waals surface area contributed by atoms with Crippen molar-refractivity contribution in [2.24, 2.45) is 0 Å². The number of furan rings is 1. The molecule has 12 aromatic rings. The Morgan fingerprint density at radius 3 is 1.42 bits per heavy atom. The molecule has 3 heteroatoms. The van der Waals surface area contributed by atoms with Crippen LogP contribution in [-0.2, 0) is 0 Å². The molecule has 3 nitrogen and oxygen atoms in total. The first-order valence-electron chi connectivity index (χ1n) is 19.5. The number of hydrogen-bond acceptors (Lipinski definition) is 1. The van der Waals surface area contributed by atoms with Gasteiger partial charge in [0.05, 0.1) is 22.1 Å². The van der Waals surface area contributed by atoms with Crippen LogP contribution in [0, 0.1) is 0 Å². The summed E-state index contributed by atoms with van der Waals surface area (Å²) >= 11 is 0. The summed E-state index contributed by atoms with van der Waals surface area (Å²) in [5, 5.41) is 7.25.